The first kappa shape index (κ1) is 31.6. The number of hydrogen-bond donors (Lipinski definition) is 2. The van der Waals surface area contributed by atoms with E-state index in [1.165, 1.54) is 18.2 Å². The number of hydrogen-bond acceptors (Lipinski definition) is 5. The molecule has 40 heavy (non-hydrogen) atoms. The molecule has 13 heteroatoms. The number of benzene rings is 2. The van der Waals surface area contributed by atoms with Crippen LogP contribution in [-0.2, 0) is 11.3 Å². The van der Waals surface area contributed by atoms with Crippen molar-refractivity contribution in [1.29, 1.82) is 0 Å². The molecule has 0 saturated carbocycles. The number of amides is 2. The molecule has 1 aliphatic rings. The quantitative estimate of drug-likeness (QED) is 0.386. The number of piperazine rings is 1. The fourth-order valence-corrected chi connectivity index (χ4v) is 4.59. The molecule has 2 amide bonds. The van der Waals surface area contributed by atoms with Crippen LogP contribution in [0.15, 0.2) is 30.3 Å². The average Bonchev–Trinajstić information content (AvgIpc) is 2.87. The summed E-state index contributed by atoms with van der Waals surface area (Å²) in [6, 6.07) is 6.85. The summed E-state index contributed by atoms with van der Waals surface area (Å²) in [6.07, 6.45) is -4.94. The summed E-state index contributed by atoms with van der Waals surface area (Å²) in [4.78, 5) is 30.4. The van der Waals surface area contributed by atoms with Gasteiger partial charge >= 0.3 is 6.18 Å². The minimum absolute atomic E-state index is 0.100. The smallest absolute Gasteiger partial charge is 0.365 e. The van der Waals surface area contributed by atoms with Crippen molar-refractivity contribution < 1.29 is 31.5 Å². The number of nitrogens with zero attached hydrogens (tertiary/aromatic N) is 3. The van der Waals surface area contributed by atoms with Crippen LogP contribution < -0.4 is 15.5 Å². The topological polar surface area (TPSA) is 67.9 Å². The van der Waals surface area contributed by atoms with Crippen molar-refractivity contribution in [2.24, 2.45) is 0 Å². The lowest BCUT2D eigenvalue weighted by Gasteiger charge is -2.42. The summed E-state index contributed by atoms with van der Waals surface area (Å²) in [7, 11) is 3.62. The standard InChI is InChI=1S/C27H33ClF5N5O2/c1-17-16-37(11-9-27(31,32)33)12-13-38(17)22-14-19(28)5-7-21(22)35-26(40)20-6-4-18(24(29)25(20)30)15-34-23(39)8-10-36(2)3/h4-7,14,17H,8-13,15-16H2,1-3H3,(H,34,39)(H,35,40)/t17-/m1/s1. The van der Waals surface area contributed by atoms with Crippen molar-refractivity contribution >= 4 is 34.8 Å². The van der Waals surface area contributed by atoms with Crippen LogP contribution in [0.3, 0.4) is 0 Å². The Morgan fingerprint density at radius 1 is 1.10 bits per heavy atom. The minimum Gasteiger partial charge on any atom is -0.365 e. The van der Waals surface area contributed by atoms with Crippen LogP contribution in [0.5, 0.6) is 0 Å². The molecule has 2 aromatic carbocycles. The van der Waals surface area contributed by atoms with Gasteiger partial charge in [-0.1, -0.05) is 17.7 Å². The largest absolute Gasteiger partial charge is 0.390 e. The van der Waals surface area contributed by atoms with Gasteiger partial charge in [-0.3, -0.25) is 14.5 Å². The number of nitrogens with one attached hydrogen (secondary N) is 2. The second kappa shape index (κ2) is 13.6. The van der Waals surface area contributed by atoms with Crippen LogP contribution in [0.25, 0.3) is 0 Å². The van der Waals surface area contributed by atoms with E-state index >= 15 is 0 Å². The minimum atomic E-state index is -4.24. The molecule has 1 aliphatic heterocycles. The molecule has 0 radical (unpaired) electrons. The number of anilines is 2. The van der Waals surface area contributed by atoms with Gasteiger partial charge < -0.3 is 20.4 Å². The summed E-state index contributed by atoms with van der Waals surface area (Å²) in [5, 5.41) is 5.51. The molecule has 3 rings (SSSR count). The molecule has 1 fully saturated rings. The number of alkyl halides is 3. The lowest BCUT2D eigenvalue weighted by Crippen LogP contribution is -2.52. The summed E-state index contributed by atoms with van der Waals surface area (Å²) in [5.74, 6) is -3.79. The first-order valence-electron chi connectivity index (χ1n) is 12.8. The second-order valence-electron chi connectivity index (χ2n) is 10.1. The Kier molecular flexibility index (Phi) is 10.7. The van der Waals surface area contributed by atoms with Crippen molar-refractivity contribution in [1.82, 2.24) is 15.1 Å². The fourth-order valence-electron chi connectivity index (χ4n) is 4.43. The lowest BCUT2D eigenvalue weighted by molar-refractivity contribution is -0.138. The summed E-state index contributed by atoms with van der Waals surface area (Å²) >= 11 is 6.20. The molecule has 1 atom stereocenters. The van der Waals surface area contributed by atoms with Gasteiger partial charge in [0.2, 0.25) is 5.91 Å². The van der Waals surface area contributed by atoms with Crippen LogP contribution in [0.4, 0.5) is 33.3 Å². The third kappa shape index (κ3) is 8.77. The maximum atomic E-state index is 14.9. The van der Waals surface area contributed by atoms with Crippen molar-refractivity contribution in [3.05, 3.63) is 58.1 Å². The van der Waals surface area contributed by atoms with E-state index in [1.54, 1.807) is 11.0 Å². The van der Waals surface area contributed by atoms with E-state index in [9.17, 15) is 31.5 Å². The van der Waals surface area contributed by atoms with Crippen LogP contribution in [0.2, 0.25) is 5.02 Å². The zero-order valence-corrected chi connectivity index (χ0v) is 23.3. The zero-order valence-electron chi connectivity index (χ0n) is 22.5. The molecule has 0 bridgehead atoms. The van der Waals surface area contributed by atoms with Crippen molar-refractivity contribution in [3.8, 4) is 0 Å². The number of rotatable bonds is 10. The van der Waals surface area contributed by atoms with Crippen molar-refractivity contribution in [2.45, 2.75) is 38.5 Å². The molecule has 7 nitrogen and oxygen atoms in total. The Hall–Kier alpha value is -2.96. The molecule has 0 aliphatic carbocycles. The van der Waals surface area contributed by atoms with Gasteiger partial charge in [0.1, 0.15) is 0 Å². The molecule has 0 unspecified atom stereocenters. The van der Waals surface area contributed by atoms with E-state index in [4.69, 9.17) is 11.6 Å². The van der Waals surface area contributed by atoms with Crippen LogP contribution in [-0.4, -0.2) is 80.7 Å². The average molecular weight is 590 g/mol. The molecule has 2 aromatic rings. The molecule has 1 saturated heterocycles. The van der Waals surface area contributed by atoms with E-state index in [-0.39, 0.29) is 37.0 Å². The highest BCUT2D eigenvalue weighted by molar-refractivity contribution is 6.31. The van der Waals surface area contributed by atoms with Gasteiger partial charge in [0, 0.05) is 62.3 Å². The molecular formula is C27H33ClF5N5O2. The zero-order chi connectivity index (χ0) is 29.6. The molecule has 220 valence electrons. The van der Waals surface area contributed by atoms with E-state index in [2.05, 4.69) is 10.6 Å². The maximum Gasteiger partial charge on any atom is 0.390 e. The van der Waals surface area contributed by atoms with Crippen LogP contribution in [0.1, 0.15) is 35.7 Å². The van der Waals surface area contributed by atoms with Gasteiger partial charge in [-0.2, -0.15) is 13.2 Å². The molecular weight excluding hydrogens is 557 g/mol. The first-order chi connectivity index (χ1) is 18.7. The number of carbonyl (C=O) groups is 2. The number of halogens is 6. The molecule has 0 aromatic heterocycles. The summed E-state index contributed by atoms with van der Waals surface area (Å²) < 4.78 is 67.6. The van der Waals surface area contributed by atoms with Gasteiger partial charge in [0.25, 0.3) is 5.91 Å². The predicted molar refractivity (Wildman–Crippen MR) is 145 cm³/mol. The van der Waals surface area contributed by atoms with Gasteiger partial charge in [-0.05, 0) is 45.3 Å². The molecule has 1 heterocycles. The molecule has 2 N–H and O–H groups in total. The Morgan fingerprint density at radius 3 is 2.48 bits per heavy atom. The van der Waals surface area contributed by atoms with E-state index in [0.717, 1.165) is 6.07 Å². The van der Waals surface area contributed by atoms with Crippen LogP contribution in [0, 0.1) is 11.6 Å². The third-order valence-electron chi connectivity index (χ3n) is 6.61. The second-order valence-corrected chi connectivity index (χ2v) is 10.5. The van der Waals surface area contributed by atoms with E-state index in [1.807, 2.05) is 30.8 Å². The van der Waals surface area contributed by atoms with Crippen LogP contribution >= 0.6 is 11.6 Å². The van der Waals surface area contributed by atoms with Gasteiger partial charge in [-0.25, -0.2) is 8.78 Å². The Morgan fingerprint density at radius 2 is 1.82 bits per heavy atom. The van der Waals surface area contributed by atoms with Crippen molar-refractivity contribution in [2.75, 3.05) is 57.0 Å². The SMILES string of the molecule is C[C@@H]1CN(CCC(F)(F)F)CCN1c1cc(Cl)ccc1NC(=O)c1ccc(CNC(=O)CCN(C)C)c(F)c1F. The Bertz CT molecular complexity index is 1210. The maximum absolute atomic E-state index is 14.9. The highest BCUT2D eigenvalue weighted by atomic mass is 35.5. The van der Waals surface area contributed by atoms with Crippen molar-refractivity contribution in [3.63, 3.8) is 0 Å². The Labute approximate surface area is 235 Å². The first-order valence-corrected chi connectivity index (χ1v) is 13.2. The predicted octanol–water partition coefficient (Wildman–Crippen LogP) is 4.90. The highest BCUT2D eigenvalue weighted by Crippen LogP contribution is 2.33. The monoisotopic (exact) mass is 589 g/mol. The van der Waals surface area contributed by atoms with Gasteiger partial charge in [0.05, 0.1) is 23.4 Å². The van der Waals surface area contributed by atoms with E-state index in [0.29, 0.717) is 42.6 Å². The fraction of sp³-hybridized carbons (Fsp3) is 0.481. The third-order valence-corrected chi connectivity index (χ3v) is 6.84. The van der Waals surface area contributed by atoms with E-state index < -0.39 is 35.7 Å². The van der Waals surface area contributed by atoms with Gasteiger partial charge in [-0.15, -0.1) is 0 Å². The summed E-state index contributed by atoms with van der Waals surface area (Å²) in [6.45, 7) is 3.11. The number of carbonyl (C=O) groups excluding carboxylic acids is 2. The normalized spacial score (nSPS) is 16.4. The molecule has 0 spiro atoms. The van der Waals surface area contributed by atoms with Gasteiger partial charge in [0.15, 0.2) is 11.6 Å². The lowest BCUT2D eigenvalue weighted by atomic mass is 10.1. The summed E-state index contributed by atoms with van der Waals surface area (Å²) in [5.41, 5.74) is 0.187. The Balaban J connectivity index is 1.71. The highest BCUT2D eigenvalue weighted by Gasteiger charge is 2.31.